The summed E-state index contributed by atoms with van der Waals surface area (Å²) in [6.07, 6.45) is 6.78. The molecule has 0 bridgehead atoms. The number of hydrogen-bond donors (Lipinski definition) is 0. The second kappa shape index (κ2) is 7.28. The Bertz CT molecular complexity index is 882. The smallest absolute Gasteiger partial charge is 0.410 e. The SMILES string of the molecule is CCOC(=O)N1CCCCC1c1cn(Cc2ccco2)c2ccccc12. The van der Waals surface area contributed by atoms with E-state index in [2.05, 4.69) is 35.0 Å². The Morgan fingerprint density at radius 2 is 2.12 bits per heavy atom. The van der Waals surface area contributed by atoms with Crippen molar-refractivity contribution < 1.29 is 13.9 Å². The highest BCUT2D eigenvalue weighted by Crippen LogP contribution is 2.36. The Morgan fingerprint density at radius 1 is 1.23 bits per heavy atom. The molecule has 1 fully saturated rings. The van der Waals surface area contributed by atoms with Crippen LogP contribution in [0, 0.1) is 0 Å². The van der Waals surface area contributed by atoms with Crippen LogP contribution >= 0.6 is 0 Å². The largest absolute Gasteiger partial charge is 0.467 e. The first-order chi connectivity index (χ1) is 12.8. The first kappa shape index (κ1) is 16.8. The highest BCUT2D eigenvalue weighted by molar-refractivity contribution is 5.85. The fraction of sp³-hybridized carbons (Fsp3) is 0.381. The summed E-state index contributed by atoms with van der Waals surface area (Å²) >= 11 is 0. The molecule has 1 amide bonds. The van der Waals surface area contributed by atoms with E-state index < -0.39 is 0 Å². The molecule has 3 heterocycles. The van der Waals surface area contributed by atoms with Crippen molar-refractivity contribution >= 4 is 17.0 Å². The van der Waals surface area contributed by atoms with Crippen LogP contribution in [0.5, 0.6) is 0 Å². The summed E-state index contributed by atoms with van der Waals surface area (Å²) in [5.41, 5.74) is 2.35. The number of carbonyl (C=O) groups excluding carboxylic acids is 1. The molecular formula is C21H24N2O3. The minimum Gasteiger partial charge on any atom is -0.467 e. The Kier molecular flexibility index (Phi) is 4.69. The molecule has 1 saturated heterocycles. The van der Waals surface area contributed by atoms with Crippen molar-refractivity contribution in [3.05, 3.63) is 60.2 Å². The number of fused-ring (bicyclic) bond motifs is 1. The lowest BCUT2D eigenvalue weighted by molar-refractivity contribution is 0.0769. The van der Waals surface area contributed by atoms with Crippen molar-refractivity contribution in [2.45, 2.75) is 38.8 Å². The zero-order chi connectivity index (χ0) is 17.9. The van der Waals surface area contributed by atoms with Gasteiger partial charge in [-0.3, -0.25) is 0 Å². The minimum atomic E-state index is -0.208. The third-order valence-electron chi connectivity index (χ3n) is 5.09. The van der Waals surface area contributed by atoms with Gasteiger partial charge in [-0.1, -0.05) is 18.2 Å². The Balaban J connectivity index is 1.74. The maximum absolute atomic E-state index is 12.5. The molecule has 26 heavy (non-hydrogen) atoms. The summed E-state index contributed by atoms with van der Waals surface area (Å²) in [6.45, 7) is 3.69. The van der Waals surface area contributed by atoms with E-state index in [9.17, 15) is 4.79 Å². The predicted molar refractivity (Wildman–Crippen MR) is 100 cm³/mol. The molecule has 3 aromatic rings. The van der Waals surface area contributed by atoms with Crippen molar-refractivity contribution in [2.24, 2.45) is 0 Å². The number of benzene rings is 1. The fourth-order valence-electron chi connectivity index (χ4n) is 3.92. The number of furan rings is 1. The van der Waals surface area contributed by atoms with Crippen molar-refractivity contribution in [1.82, 2.24) is 9.47 Å². The monoisotopic (exact) mass is 352 g/mol. The van der Waals surface area contributed by atoms with Crippen LogP contribution in [0.2, 0.25) is 0 Å². The van der Waals surface area contributed by atoms with Crippen LogP contribution in [-0.4, -0.2) is 28.7 Å². The molecule has 5 nitrogen and oxygen atoms in total. The quantitative estimate of drug-likeness (QED) is 0.666. The number of ether oxygens (including phenoxy) is 1. The lowest BCUT2D eigenvalue weighted by Gasteiger charge is -2.34. The average Bonchev–Trinajstić information content (AvgIpc) is 3.31. The van der Waals surface area contributed by atoms with Crippen molar-refractivity contribution in [1.29, 1.82) is 0 Å². The number of carbonyl (C=O) groups is 1. The Labute approximate surface area is 153 Å². The number of hydrogen-bond acceptors (Lipinski definition) is 3. The minimum absolute atomic E-state index is 0.0607. The molecule has 0 spiro atoms. The molecule has 0 radical (unpaired) electrons. The van der Waals surface area contributed by atoms with Crippen LogP contribution in [0.25, 0.3) is 10.9 Å². The van der Waals surface area contributed by atoms with E-state index in [1.807, 2.05) is 24.0 Å². The molecule has 2 aromatic heterocycles. The third-order valence-corrected chi connectivity index (χ3v) is 5.09. The van der Waals surface area contributed by atoms with E-state index in [-0.39, 0.29) is 12.1 Å². The van der Waals surface area contributed by atoms with Gasteiger partial charge >= 0.3 is 6.09 Å². The molecule has 1 aromatic carbocycles. The highest BCUT2D eigenvalue weighted by Gasteiger charge is 2.31. The van der Waals surface area contributed by atoms with Crippen molar-refractivity contribution in [3.63, 3.8) is 0 Å². The summed E-state index contributed by atoms with van der Waals surface area (Å²) in [4.78, 5) is 14.4. The second-order valence-corrected chi connectivity index (χ2v) is 6.71. The number of nitrogens with zero attached hydrogens (tertiary/aromatic N) is 2. The summed E-state index contributed by atoms with van der Waals surface area (Å²) in [6, 6.07) is 12.3. The van der Waals surface area contributed by atoms with Gasteiger partial charge < -0.3 is 18.6 Å². The molecule has 1 aliphatic rings. The van der Waals surface area contributed by atoms with E-state index in [0.29, 0.717) is 13.2 Å². The number of rotatable bonds is 4. The molecular weight excluding hydrogens is 328 g/mol. The summed E-state index contributed by atoms with van der Waals surface area (Å²) in [5.74, 6) is 0.920. The van der Waals surface area contributed by atoms with E-state index in [0.717, 1.165) is 37.1 Å². The summed E-state index contributed by atoms with van der Waals surface area (Å²) < 4.78 is 13.0. The number of likely N-dealkylation sites (tertiary alicyclic amines) is 1. The molecule has 1 unspecified atom stereocenters. The van der Waals surface area contributed by atoms with Gasteiger partial charge in [-0.2, -0.15) is 0 Å². The van der Waals surface area contributed by atoms with Crippen LogP contribution in [0.15, 0.2) is 53.3 Å². The van der Waals surface area contributed by atoms with Crippen molar-refractivity contribution in [2.75, 3.05) is 13.2 Å². The van der Waals surface area contributed by atoms with Crippen LogP contribution in [0.1, 0.15) is 43.6 Å². The zero-order valence-corrected chi connectivity index (χ0v) is 15.1. The molecule has 0 aliphatic carbocycles. The summed E-state index contributed by atoms with van der Waals surface area (Å²) in [7, 11) is 0. The molecule has 136 valence electrons. The van der Waals surface area contributed by atoms with E-state index in [1.54, 1.807) is 6.26 Å². The first-order valence-electron chi connectivity index (χ1n) is 9.31. The van der Waals surface area contributed by atoms with Gasteiger partial charge in [-0.15, -0.1) is 0 Å². The Morgan fingerprint density at radius 3 is 2.92 bits per heavy atom. The molecule has 4 rings (SSSR count). The molecule has 0 N–H and O–H groups in total. The maximum Gasteiger partial charge on any atom is 0.410 e. The zero-order valence-electron chi connectivity index (χ0n) is 15.1. The second-order valence-electron chi connectivity index (χ2n) is 6.71. The normalized spacial score (nSPS) is 17.6. The average molecular weight is 352 g/mol. The van der Waals surface area contributed by atoms with Gasteiger partial charge in [0.05, 0.1) is 25.5 Å². The van der Waals surface area contributed by atoms with Gasteiger partial charge in [0.1, 0.15) is 5.76 Å². The van der Waals surface area contributed by atoms with Crippen LogP contribution < -0.4 is 0 Å². The number of piperidine rings is 1. The summed E-state index contributed by atoms with van der Waals surface area (Å²) in [5, 5.41) is 1.19. The van der Waals surface area contributed by atoms with E-state index in [4.69, 9.17) is 9.15 Å². The number of para-hydroxylation sites is 1. The molecule has 0 saturated carbocycles. The van der Waals surface area contributed by atoms with Crippen molar-refractivity contribution in [3.8, 4) is 0 Å². The van der Waals surface area contributed by atoms with Gasteiger partial charge in [0.15, 0.2) is 0 Å². The molecule has 5 heteroatoms. The van der Waals surface area contributed by atoms with E-state index >= 15 is 0 Å². The molecule has 1 aliphatic heterocycles. The maximum atomic E-state index is 12.5. The highest BCUT2D eigenvalue weighted by atomic mass is 16.6. The molecule has 1 atom stereocenters. The van der Waals surface area contributed by atoms with Gasteiger partial charge in [-0.25, -0.2) is 4.79 Å². The third kappa shape index (κ3) is 3.09. The number of aromatic nitrogens is 1. The van der Waals surface area contributed by atoms with Crippen LogP contribution in [0.4, 0.5) is 4.79 Å². The standard InChI is InChI=1S/C21H24N2O3/c1-2-25-21(24)23-12-6-5-11-20(23)18-15-22(14-16-8-7-13-26-16)19-10-4-3-9-17(18)19/h3-4,7-10,13,15,20H,2,5-6,11-12,14H2,1H3. The van der Waals surface area contributed by atoms with Gasteiger partial charge in [0.2, 0.25) is 0 Å². The number of amides is 1. The van der Waals surface area contributed by atoms with Crippen LogP contribution in [0.3, 0.4) is 0 Å². The van der Waals surface area contributed by atoms with Crippen LogP contribution in [-0.2, 0) is 11.3 Å². The van der Waals surface area contributed by atoms with Gasteiger partial charge in [0.25, 0.3) is 0 Å². The lowest BCUT2D eigenvalue weighted by Crippen LogP contribution is -2.38. The first-order valence-corrected chi connectivity index (χ1v) is 9.31. The van der Waals surface area contributed by atoms with Gasteiger partial charge in [0, 0.05) is 29.2 Å². The fourth-order valence-corrected chi connectivity index (χ4v) is 3.92. The Hall–Kier alpha value is -2.69. The lowest BCUT2D eigenvalue weighted by atomic mass is 9.95. The predicted octanol–water partition coefficient (Wildman–Crippen LogP) is 4.97. The topological polar surface area (TPSA) is 47.6 Å². The van der Waals surface area contributed by atoms with E-state index in [1.165, 1.54) is 10.9 Å². The van der Waals surface area contributed by atoms with Gasteiger partial charge in [-0.05, 0) is 44.4 Å².